The van der Waals surface area contributed by atoms with Crippen molar-refractivity contribution in [3.8, 4) is 16.9 Å². The molecule has 0 saturated heterocycles. The van der Waals surface area contributed by atoms with Crippen LogP contribution in [-0.4, -0.2) is 9.78 Å². The van der Waals surface area contributed by atoms with Gasteiger partial charge in [-0.25, -0.2) is 9.07 Å². The van der Waals surface area contributed by atoms with E-state index < -0.39 is 5.54 Å². The van der Waals surface area contributed by atoms with E-state index in [9.17, 15) is 9.18 Å². The summed E-state index contributed by atoms with van der Waals surface area (Å²) in [6, 6.07) is 14.0. The molecular weight excluding hydrogens is 367 g/mol. The molecule has 0 aliphatic rings. The van der Waals surface area contributed by atoms with E-state index in [1.807, 2.05) is 45.0 Å². The molecule has 0 spiro atoms. The Bertz CT molecular complexity index is 991. The molecule has 140 valence electrons. The predicted octanol–water partition coefficient (Wildman–Crippen LogP) is 5.04. The van der Waals surface area contributed by atoms with Gasteiger partial charge in [-0.1, -0.05) is 48.0 Å². The largest absolute Gasteiger partial charge is 0.485 e. The highest BCUT2D eigenvalue weighted by Crippen LogP contribution is 2.23. The number of rotatable bonds is 4. The topological polar surface area (TPSA) is 44.1 Å². The minimum atomic E-state index is -0.463. The summed E-state index contributed by atoms with van der Waals surface area (Å²) in [7, 11) is 0. The maximum Gasteiger partial charge on any atom is 0.289 e. The van der Waals surface area contributed by atoms with Crippen LogP contribution in [0.25, 0.3) is 11.1 Å². The Morgan fingerprint density at radius 2 is 1.59 bits per heavy atom. The van der Waals surface area contributed by atoms with Gasteiger partial charge < -0.3 is 4.74 Å². The molecule has 0 aliphatic heterocycles. The molecule has 0 amide bonds. The molecule has 6 heteroatoms. The lowest BCUT2D eigenvalue weighted by Crippen LogP contribution is -2.36. The van der Waals surface area contributed by atoms with Crippen molar-refractivity contribution in [3.63, 3.8) is 0 Å². The summed E-state index contributed by atoms with van der Waals surface area (Å²) in [4.78, 5) is 12.3. The Balaban J connectivity index is 1.73. The van der Waals surface area contributed by atoms with E-state index in [4.69, 9.17) is 16.3 Å². The lowest BCUT2D eigenvalue weighted by atomic mass is 10.0. The molecule has 1 heterocycles. The van der Waals surface area contributed by atoms with Crippen LogP contribution in [-0.2, 0) is 12.1 Å². The second kappa shape index (κ2) is 7.53. The molecular formula is C21H20ClFN2O2. The van der Waals surface area contributed by atoms with Crippen LogP contribution in [0.4, 0.5) is 4.39 Å². The molecule has 0 fully saturated rings. The van der Waals surface area contributed by atoms with Crippen molar-refractivity contribution >= 4 is 11.6 Å². The second-order valence-electron chi connectivity index (χ2n) is 7.20. The zero-order valence-corrected chi connectivity index (χ0v) is 16.1. The Kier molecular flexibility index (Phi) is 5.33. The molecule has 3 aromatic rings. The van der Waals surface area contributed by atoms with Gasteiger partial charge in [0.2, 0.25) is 0 Å². The van der Waals surface area contributed by atoms with Crippen molar-refractivity contribution in [2.24, 2.45) is 0 Å². The highest BCUT2D eigenvalue weighted by Gasteiger charge is 2.19. The van der Waals surface area contributed by atoms with Crippen LogP contribution >= 0.6 is 11.6 Å². The lowest BCUT2D eigenvalue weighted by Gasteiger charge is -2.21. The van der Waals surface area contributed by atoms with Gasteiger partial charge in [0.15, 0.2) is 10.8 Å². The Hall–Kier alpha value is -2.66. The number of aromatic nitrogens is 2. The monoisotopic (exact) mass is 386 g/mol. The number of halogens is 2. The van der Waals surface area contributed by atoms with Gasteiger partial charge in [0.05, 0.1) is 11.7 Å². The first-order valence-corrected chi connectivity index (χ1v) is 8.89. The average molecular weight is 387 g/mol. The van der Waals surface area contributed by atoms with Gasteiger partial charge in [0.1, 0.15) is 12.4 Å². The molecule has 0 N–H and O–H groups in total. The fourth-order valence-corrected chi connectivity index (χ4v) is 2.78. The first-order valence-electron chi connectivity index (χ1n) is 8.52. The fourth-order valence-electron chi connectivity index (χ4n) is 2.59. The molecule has 4 nitrogen and oxygen atoms in total. The van der Waals surface area contributed by atoms with Crippen LogP contribution in [0.5, 0.6) is 5.75 Å². The quantitative estimate of drug-likeness (QED) is 0.631. The van der Waals surface area contributed by atoms with Crippen molar-refractivity contribution < 1.29 is 9.13 Å². The summed E-state index contributed by atoms with van der Waals surface area (Å²) < 4.78 is 20.0. The van der Waals surface area contributed by atoms with E-state index in [2.05, 4.69) is 5.10 Å². The Morgan fingerprint density at radius 3 is 2.15 bits per heavy atom. The van der Waals surface area contributed by atoms with E-state index in [1.54, 1.807) is 12.1 Å². The summed E-state index contributed by atoms with van der Waals surface area (Å²) >= 11 is 6.16. The third-order valence-corrected chi connectivity index (χ3v) is 4.40. The Morgan fingerprint density at radius 1 is 1.04 bits per heavy atom. The summed E-state index contributed by atoms with van der Waals surface area (Å²) in [5.41, 5.74) is 1.98. The van der Waals surface area contributed by atoms with Crippen LogP contribution in [0, 0.1) is 5.82 Å². The van der Waals surface area contributed by atoms with E-state index in [0.29, 0.717) is 0 Å². The van der Waals surface area contributed by atoms with Gasteiger partial charge in [0.25, 0.3) is 5.56 Å². The SMILES string of the molecule is CC(C)(C)n1ncc(OCc2ccc(-c3ccc(F)cc3)cc2)c(Cl)c1=O. The third kappa shape index (κ3) is 4.37. The number of ether oxygens (including phenoxy) is 1. The minimum absolute atomic E-state index is 0.0165. The summed E-state index contributed by atoms with van der Waals surface area (Å²) in [6.07, 6.45) is 1.46. The van der Waals surface area contributed by atoms with Crippen LogP contribution in [0.2, 0.25) is 5.02 Å². The predicted molar refractivity (Wildman–Crippen MR) is 105 cm³/mol. The number of benzene rings is 2. The van der Waals surface area contributed by atoms with Crippen LogP contribution in [0.1, 0.15) is 26.3 Å². The van der Waals surface area contributed by atoms with E-state index in [-0.39, 0.29) is 28.8 Å². The molecule has 0 unspecified atom stereocenters. The summed E-state index contributed by atoms with van der Waals surface area (Å²) in [6.45, 7) is 5.88. The van der Waals surface area contributed by atoms with Crippen LogP contribution in [0.15, 0.2) is 59.5 Å². The minimum Gasteiger partial charge on any atom is -0.485 e. The normalized spacial score (nSPS) is 11.4. The maximum atomic E-state index is 13.0. The highest BCUT2D eigenvalue weighted by atomic mass is 35.5. The molecule has 3 rings (SSSR count). The number of nitrogens with zero attached hydrogens (tertiary/aromatic N) is 2. The number of hydrogen-bond acceptors (Lipinski definition) is 3. The Labute approximate surface area is 162 Å². The van der Waals surface area contributed by atoms with Gasteiger partial charge >= 0.3 is 0 Å². The zero-order valence-electron chi connectivity index (χ0n) is 15.4. The van der Waals surface area contributed by atoms with E-state index >= 15 is 0 Å². The summed E-state index contributed by atoms with van der Waals surface area (Å²) in [5, 5.41) is 4.16. The number of hydrogen-bond donors (Lipinski definition) is 0. The van der Waals surface area contributed by atoms with Gasteiger partial charge in [0, 0.05) is 0 Å². The third-order valence-electron chi connectivity index (χ3n) is 4.05. The molecule has 1 aromatic heterocycles. The summed E-state index contributed by atoms with van der Waals surface area (Å²) in [5.74, 6) is -0.00702. The highest BCUT2D eigenvalue weighted by molar-refractivity contribution is 6.31. The molecule has 0 saturated carbocycles. The standard InChI is InChI=1S/C21H20ClFN2O2/c1-21(2,3)25-20(26)19(22)18(12-24-25)27-13-14-4-6-15(7-5-14)16-8-10-17(23)11-9-16/h4-12H,13H2,1-3H3. The molecule has 0 radical (unpaired) electrons. The first kappa shape index (κ1) is 19.1. The van der Waals surface area contributed by atoms with Crippen molar-refractivity contribution in [1.82, 2.24) is 9.78 Å². The molecule has 0 aliphatic carbocycles. The van der Waals surface area contributed by atoms with Crippen molar-refractivity contribution in [3.05, 3.63) is 81.5 Å². The molecule has 0 bridgehead atoms. The zero-order chi connectivity index (χ0) is 19.6. The molecule has 0 atom stereocenters. The van der Waals surface area contributed by atoms with Gasteiger partial charge in [-0.05, 0) is 49.6 Å². The van der Waals surface area contributed by atoms with Gasteiger partial charge in [-0.3, -0.25) is 4.79 Å². The van der Waals surface area contributed by atoms with Crippen molar-refractivity contribution in [1.29, 1.82) is 0 Å². The van der Waals surface area contributed by atoms with Crippen molar-refractivity contribution in [2.75, 3.05) is 0 Å². The second-order valence-corrected chi connectivity index (χ2v) is 7.58. The van der Waals surface area contributed by atoms with Crippen LogP contribution in [0.3, 0.4) is 0 Å². The van der Waals surface area contributed by atoms with Crippen LogP contribution < -0.4 is 10.3 Å². The van der Waals surface area contributed by atoms with Gasteiger partial charge in [-0.15, -0.1) is 0 Å². The van der Waals surface area contributed by atoms with E-state index in [0.717, 1.165) is 16.7 Å². The van der Waals surface area contributed by atoms with Crippen molar-refractivity contribution in [2.45, 2.75) is 32.9 Å². The average Bonchev–Trinajstić information content (AvgIpc) is 2.63. The fraction of sp³-hybridized carbons (Fsp3) is 0.238. The smallest absolute Gasteiger partial charge is 0.289 e. The lowest BCUT2D eigenvalue weighted by molar-refractivity contribution is 0.292. The van der Waals surface area contributed by atoms with E-state index in [1.165, 1.54) is 23.0 Å². The van der Waals surface area contributed by atoms with Gasteiger partial charge in [-0.2, -0.15) is 5.10 Å². The first-order chi connectivity index (χ1) is 12.8. The molecule has 2 aromatic carbocycles. The molecule has 27 heavy (non-hydrogen) atoms. The maximum absolute atomic E-state index is 13.0.